The second kappa shape index (κ2) is 5.56. The van der Waals surface area contributed by atoms with Gasteiger partial charge in [-0.25, -0.2) is 4.98 Å². The number of hydrogen-bond acceptors (Lipinski definition) is 5. The third-order valence-corrected chi connectivity index (χ3v) is 2.79. The van der Waals surface area contributed by atoms with Crippen LogP contribution in [-0.4, -0.2) is 18.1 Å². The highest BCUT2D eigenvalue weighted by Crippen LogP contribution is 2.27. The lowest BCUT2D eigenvalue weighted by Crippen LogP contribution is -2.25. The first-order valence-corrected chi connectivity index (χ1v) is 5.95. The van der Waals surface area contributed by atoms with Crippen LogP contribution >= 0.6 is 11.3 Å². The van der Waals surface area contributed by atoms with Gasteiger partial charge in [0.15, 0.2) is 15.8 Å². The minimum Gasteiger partial charge on any atom is -0.375 e. The van der Waals surface area contributed by atoms with Gasteiger partial charge < -0.3 is 10.6 Å². The molecule has 0 radical (unpaired) electrons. The van der Waals surface area contributed by atoms with Gasteiger partial charge >= 0.3 is 0 Å². The molecule has 0 unspecified atom stereocenters. The zero-order valence-corrected chi connectivity index (χ0v) is 9.97. The molecular formula is C10H16N4S. The molecule has 2 N–H and O–H groups in total. The number of nitrogen functional groups attached to an aromatic ring is 1. The van der Waals surface area contributed by atoms with Crippen molar-refractivity contribution in [2.75, 3.05) is 23.7 Å². The summed E-state index contributed by atoms with van der Waals surface area (Å²) < 4.78 is 0. The Morgan fingerprint density at radius 2 is 2.00 bits per heavy atom. The lowest BCUT2D eigenvalue weighted by Gasteiger charge is -2.21. The van der Waals surface area contributed by atoms with E-state index in [1.54, 1.807) is 0 Å². The summed E-state index contributed by atoms with van der Waals surface area (Å²) in [5.41, 5.74) is 5.61. The van der Waals surface area contributed by atoms with Gasteiger partial charge in [-0.1, -0.05) is 25.2 Å². The summed E-state index contributed by atoms with van der Waals surface area (Å²) in [7, 11) is 0. The summed E-state index contributed by atoms with van der Waals surface area (Å²) in [4.78, 5) is 6.97. The summed E-state index contributed by atoms with van der Waals surface area (Å²) in [5.74, 6) is 0.753. The number of anilines is 2. The van der Waals surface area contributed by atoms with Crippen LogP contribution in [-0.2, 0) is 0 Å². The van der Waals surface area contributed by atoms with Crippen LogP contribution in [0.5, 0.6) is 0 Å². The summed E-state index contributed by atoms with van der Waals surface area (Å²) in [5, 5.41) is 9.43. The van der Waals surface area contributed by atoms with Crippen molar-refractivity contribution in [3.8, 4) is 6.07 Å². The molecule has 0 aliphatic carbocycles. The minimum atomic E-state index is 0.471. The molecular weight excluding hydrogens is 208 g/mol. The highest BCUT2D eigenvalue weighted by molar-refractivity contribution is 7.16. The molecule has 0 atom stereocenters. The van der Waals surface area contributed by atoms with Gasteiger partial charge in [-0.05, 0) is 12.8 Å². The average Bonchev–Trinajstić information content (AvgIpc) is 2.59. The molecule has 0 spiro atoms. The fraction of sp³-hybridized carbons (Fsp3) is 0.600. The maximum atomic E-state index is 8.96. The first-order valence-electron chi connectivity index (χ1n) is 5.14. The van der Waals surface area contributed by atoms with Gasteiger partial charge in [-0.2, -0.15) is 5.26 Å². The number of hydrogen-bond donors (Lipinski definition) is 1. The topological polar surface area (TPSA) is 65.9 Å². The van der Waals surface area contributed by atoms with E-state index < -0.39 is 0 Å². The largest absolute Gasteiger partial charge is 0.375 e. The Kier molecular flexibility index (Phi) is 4.37. The van der Waals surface area contributed by atoms with Crippen molar-refractivity contribution in [2.24, 2.45) is 0 Å². The standard InChI is InChI=1S/C10H16N4S/c1-3-5-14(6-4-2)9-8(7-11)15-10(12)13-9/h3-6H2,1-2H3,(H2,12,13). The number of aromatic nitrogens is 1. The molecule has 0 saturated heterocycles. The first-order chi connectivity index (χ1) is 7.22. The smallest absolute Gasteiger partial charge is 0.183 e. The molecule has 0 aliphatic rings. The zero-order chi connectivity index (χ0) is 11.3. The molecule has 1 aromatic rings. The van der Waals surface area contributed by atoms with E-state index >= 15 is 0 Å². The van der Waals surface area contributed by atoms with Crippen LogP contribution in [0.25, 0.3) is 0 Å². The highest BCUT2D eigenvalue weighted by atomic mass is 32.1. The zero-order valence-electron chi connectivity index (χ0n) is 9.16. The molecule has 1 rings (SSSR count). The van der Waals surface area contributed by atoms with Gasteiger partial charge in [-0.15, -0.1) is 0 Å². The van der Waals surface area contributed by atoms with Crippen LogP contribution in [0.1, 0.15) is 31.6 Å². The van der Waals surface area contributed by atoms with E-state index in [2.05, 4.69) is 29.8 Å². The number of nitrogens with zero attached hydrogens (tertiary/aromatic N) is 3. The predicted octanol–water partition coefficient (Wildman–Crippen LogP) is 2.22. The predicted molar refractivity (Wildman–Crippen MR) is 64.0 cm³/mol. The van der Waals surface area contributed by atoms with E-state index in [1.807, 2.05) is 0 Å². The molecule has 0 saturated carbocycles. The number of nitrogens with two attached hydrogens (primary N) is 1. The Morgan fingerprint density at radius 1 is 1.40 bits per heavy atom. The van der Waals surface area contributed by atoms with Gasteiger partial charge in [-0.3, -0.25) is 0 Å². The molecule has 15 heavy (non-hydrogen) atoms. The molecule has 0 aromatic carbocycles. The Morgan fingerprint density at radius 3 is 2.47 bits per heavy atom. The maximum absolute atomic E-state index is 8.96. The number of thiazole rings is 1. The van der Waals surface area contributed by atoms with Crippen LogP contribution in [0.2, 0.25) is 0 Å². The average molecular weight is 224 g/mol. The summed E-state index contributed by atoms with van der Waals surface area (Å²) in [6.07, 6.45) is 2.09. The monoisotopic (exact) mass is 224 g/mol. The highest BCUT2D eigenvalue weighted by Gasteiger charge is 2.15. The van der Waals surface area contributed by atoms with Gasteiger partial charge in [0.2, 0.25) is 0 Å². The van der Waals surface area contributed by atoms with Crippen LogP contribution < -0.4 is 10.6 Å². The van der Waals surface area contributed by atoms with Gasteiger partial charge in [0.1, 0.15) is 6.07 Å². The van der Waals surface area contributed by atoms with Crippen LogP contribution in [0.4, 0.5) is 10.9 Å². The Hall–Kier alpha value is -1.28. The van der Waals surface area contributed by atoms with Crippen LogP contribution in [0, 0.1) is 11.3 Å². The number of nitriles is 1. The normalized spacial score (nSPS) is 9.93. The van der Waals surface area contributed by atoms with Crippen molar-refractivity contribution in [3.05, 3.63) is 4.88 Å². The minimum absolute atomic E-state index is 0.471. The third-order valence-electron chi connectivity index (χ3n) is 2.01. The molecule has 1 heterocycles. The van der Waals surface area contributed by atoms with Crippen molar-refractivity contribution < 1.29 is 0 Å². The van der Waals surface area contributed by atoms with Crippen molar-refractivity contribution in [2.45, 2.75) is 26.7 Å². The van der Waals surface area contributed by atoms with E-state index in [-0.39, 0.29) is 0 Å². The van der Waals surface area contributed by atoms with E-state index in [9.17, 15) is 0 Å². The Labute approximate surface area is 94.3 Å². The SMILES string of the molecule is CCCN(CCC)c1nc(N)sc1C#N. The number of rotatable bonds is 5. The first kappa shape index (κ1) is 11.8. The molecule has 0 amide bonds. The van der Waals surface area contributed by atoms with E-state index in [0.717, 1.165) is 31.7 Å². The molecule has 0 bridgehead atoms. The molecule has 4 nitrogen and oxygen atoms in total. The maximum Gasteiger partial charge on any atom is 0.183 e. The molecule has 1 aromatic heterocycles. The van der Waals surface area contributed by atoms with E-state index in [4.69, 9.17) is 11.0 Å². The van der Waals surface area contributed by atoms with Crippen molar-refractivity contribution in [1.29, 1.82) is 5.26 Å². The van der Waals surface area contributed by atoms with Gasteiger partial charge in [0.05, 0.1) is 0 Å². The van der Waals surface area contributed by atoms with Gasteiger partial charge in [0.25, 0.3) is 0 Å². The van der Waals surface area contributed by atoms with Crippen LogP contribution in [0.3, 0.4) is 0 Å². The lowest BCUT2D eigenvalue weighted by atomic mass is 10.3. The lowest BCUT2D eigenvalue weighted by molar-refractivity contribution is 0.736. The summed E-state index contributed by atoms with van der Waals surface area (Å²) >= 11 is 1.26. The van der Waals surface area contributed by atoms with E-state index in [0.29, 0.717) is 10.0 Å². The third kappa shape index (κ3) is 2.83. The molecule has 0 aliphatic heterocycles. The Bertz CT molecular complexity index is 347. The van der Waals surface area contributed by atoms with Gasteiger partial charge in [0, 0.05) is 13.1 Å². The van der Waals surface area contributed by atoms with Crippen molar-refractivity contribution in [1.82, 2.24) is 4.98 Å². The van der Waals surface area contributed by atoms with E-state index in [1.165, 1.54) is 11.3 Å². The molecule has 82 valence electrons. The fourth-order valence-corrected chi connectivity index (χ4v) is 2.13. The second-order valence-corrected chi connectivity index (χ2v) is 4.33. The summed E-state index contributed by atoms with van der Waals surface area (Å²) in [6.45, 7) is 6.08. The fourth-order valence-electron chi connectivity index (χ4n) is 1.48. The Balaban J connectivity index is 2.94. The molecule has 5 heteroatoms. The summed E-state index contributed by atoms with van der Waals surface area (Å²) in [6, 6.07) is 2.15. The second-order valence-electron chi connectivity index (χ2n) is 3.30. The van der Waals surface area contributed by atoms with Crippen molar-refractivity contribution >= 4 is 22.3 Å². The van der Waals surface area contributed by atoms with Crippen molar-refractivity contribution in [3.63, 3.8) is 0 Å². The van der Waals surface area contributed by atoms with Crippen LogP contribution in [0.15, 0.2) is 0 Å². The quantitative estimate of drug-likeness (QED) is 0.832. The molecule has 0 fully saturated rings.